The third kappa shape index (κ3) is 3.04. The Morgan fingerprint density at radius 3 is 3.13 bits per heavy atom. The summed E-state index contributed by atoms with van der Waals surface area (Å²) in [4.78, 5) is 5.54. The van der Waals surface area contributed by atoms with Gasteiger partial charge in [-0.3, -0.25) is 0 Å². The van der Waals surface area contributed by atoms with Gasteiger partial charge in [0, 0.05) is 23.6 Å². The van der Waals surface area contributed by atoms with Crippen molar-refractivity contribution in [2.75, 3.05) is 5.88 Å². The molecular formula is C10H11ClN2OS. The molecule has 0 aromatic carbocycles. The maximum atomic E-state index is 5.59. The van der Waals surface area contributed by atoms with E-state index in [1.54, 1.807) is 11.3 Å². The molecule has 0 saturated carbocycles. The fourth-order valence-corrected chi connectivity index (χ4v) is 2.09. The molecule has 2 aromatic rings. The van der Waals surface area contributed by atoms with Gasteiger partial charge in [0.1, 0.15) is 0 Å². The quantitative estimate of drug-likeness (QED) is 0.757. The average Bonchev–Trinajstić information content (AvgIpc) is 2.87. The number of hydrogen-bond acceptors (Lipinski definition) is 4. The zero-order valence-electron chi connectivity index (χ0n) is 8.15. The van der Waals surface area contributed by atoms with E-state index in [-0.39, 0.29) is 0 Å². The molecule has 0 spiro atoms. The fourth-order valence-electron chi connectivity index (χ4n) is 1.25. The molecule has 2 rings (SSSR count). The van der Waals surface area contributed by atoms with Crippen LogP contribution in [0.4, 0.5) is 0 Å². The Kier molecular flexibility index (Phi) is 3.75. The molecule has 0 bridgehead atoms. The number of aryl methyl sites for hydroxylation is 1. The van der Waals surface area contributed by atoms with Gasteiger partial charge < -0.3 is 4.52 Å². The van der Waals surface area contributed by atoms with E-state index in [1.165, 1.54) is 4.88 Å². The average molecular weight is 243 g/mol. The molecule has 0 unspecified atom stereocenters. The SMILES string of the molecule is ClCCCc1nc(Cc2cccs2)no1. The first-order chi connectivity index (χ1) is 7.38. The number of nitrogens with zero attached hydrogens (tertiary/aromatic N) is 2. The Labute approximate surface area is 97.1 Å². The van der Waals surface area contributed by atoms with E-state index in [0.717, 1.165) is 25.1 Å². The number of alkyl halides is 1. The summed E-state index contributed by atoms with van der Waals surface area (Å²) in [5.41, 5.74) is 0. The van der Waals surface area contributed by atoms with Crippen molar-refractivity contribution in [1.82, 2.24) is 10.1 Å². The van der Waals surface area contributed by atoms with Crippen LogP contribution in [0.1, 0.15) is 23.0 Å². The molecule has 5 heteroatoms. The van der Waals surface area contributed by atoms with Crippen molar-refractivity contribution < 1.29 is 4.52 Å². The molecule has 80 valence electrons. The van der Waals surface area contributed by atoms with Gasteiger partial charge in [-0.15, -0.1) is 22.9 Å². The molecule has 0 radical (unpaired) electrons. The standard InChI is InChI=1S/C10H11ClN2OS/c11-5-1-4-10-12-9(13-14-10)7-8-3-2-6-15-8/h2-3,6H,1,4-5,7H2. The highest BCUT2D eigenvalue weighted by atomic mass is 35.5. The monoisotopic (exact) mass is 242 g/mol. The van der Waals surface area contributed by atoms with E-state index in [0.29, 0.717) is 11.8 Å². The first-order valence-corrected chi connectivity index (χ1v) is 6.19. The minimum atomic E-state index is 0.628. The van der Waals surface area contributed by atoms with Gasteiger partial charge in [-0.05, 0) is 17.9 Å². The Bertz CT molecular complexity index is 399. The Balaban J connectivity index is 1.95. The van der Waals surface area contributed by atoms with Crippen molar-refractivity contribution in [3.05, 3.63) is 34.1 Å². The van der Waals surface area contributed by atoms with Crippen LogP contribution >= 0.6 is 22.9 Å². The highest BCUT2D eigenvalue weighted by Crippen LogP contribution is 2.13. The minimum absolute atomic E-state index is 0.628. The van der Waals surface area contributed by atoms with Gasteiger partial charge in [0.05, 0.1) is 0 Å². The molecule has 0 aliphatic rings. The summed E-state index contributed by atoms with van der Waals surface area (Å²) in [6.07, 6.45) is 2.39. The Morgan fingerprint density at radius 1 is 1.47 bits per heavy atom. The number of thiophene rings is 1. The second-order valence-electron chi connectivity index (χ2n) is 3.15. The van der Waals surface area contributed by atoms with Gasteiger partial charge >= 0.3 is 0 Å². The summed E-state index contributed by atoms with van der Waals surface area (Å²) in [6.45, 7) is 0. The van der Waals surface area contributed by atoms with Crippen LogP contribution in [0.25, 0.3) is 0 Å². The molecular weight excluding hydrogens is 232 g/mol. The normalized spacial score (nSPS) is 10.7. The second-order valence-corrected chi connectivity index (χ2v) is 4.56. The summed E-state index contributed by atoms with van der Waals surface area (Å²) in [6, 6.07) is 4.09. The van der Waals surface area contributed by atoms with Crippen molar-refractivity contribution in [1.29, 1.82) is 0 Å². The molecule has 3 nitrogen and oxygen atoms in total. The summed E-state index contributed by atoms with van der Waals surface area (Å²) >= 11 is 7.29. The topological polar surface area (TPSA) is 38.9 Å². The Morgan fingerprint density at radius 2 is 2.40 bits per heavy atom. The summed E-state index contributed by atoms with van der Waals surface area (Å²) < 4.78 is 5.10. The minimum Gasteiger partial charge on any atom is -0.339 e. The van der Waals surface area contributed by atoms with Crippen LogP contribution in [-0.2, 0) is 12.8 Å². The molecule has 0 saturated heterocycles. The number of hydrogen-bond donors (Lipinski definition) is 0. The Hall–Kier alpha value is -0.870. The van der Waals surface area contributed by atoms with Crippen molar-refractivity contribution in [2.24, 2.45) is 0 Å². The van der Waals surface area contributed by atoms with Crippen LogP contribution in [0.2, 0.25) is 0 Å². The number of halogens is 1. The van der Waals surface area contributed by atoms with Crippen molar-refractivity contribution in [3.8, 4) is 0 Å². The molecule has 0 amide bonds. The van der Waals surface area contributed by atoms with Gasteiger partial charge in [-0.2, -0.15) is 4.98 Å². The van der Waals surface area contributed by atoms with Gasteiger partial charge in [0.15, 0.2) is 5.82 Å². The van der Waals surface area contributed by atoms with E-state index < -0.39 is 0 Å². The number of aromatic nitrogens is 2. The molecule has 0 fully saturated rings. The second kappa shape index (κ2) is 5.28. The maximum Gasteiger partial charge on any atom is 0.226 e. The van der Waals surface area contributed by atoms with Crippen LogP contribution in [-0.4, -0.2) is 16.0 Å². The van der Waals surface area contributed by atoms with Crippen LogP contribution in [0.5, 0.6) is 0 Å². The third-order valence-electron chi connectivity index (χ3n) is 1.95. The lowest BCUT2D eigenvalue weighted by Crippen LogP contribution is -1.89. The fraction of sp³-hybridized carbons (Fsp3) is 0.400. The highest BCUT2D eigenvalue weighted by molar-refractivity contribution is 7.09. The zero-order valence-corrected chi connectivity index (χ0v) is 9.72. The van der Waals surface area contributed by atoms with E-state index >= 15 is 0 Å². The third-order valence-corrected chi connectivity index (χ3v) is 3.09. The van der Waals surface area contributed by atoms with Crippen molar-refractivity contribution >= 4 is 22.9 Å². The lowest BCUT2D eigenvalue weighted by Gasteiger charge is -1.88. The lowest BCUT2D eigenvalue weighted by atomic mass is 10.3. The van der Waals surface area contributed by atoms with E-state index in [1.807, 2.05) is 11.4 Å². The van der Waals surface area contributed by atoms with E-state index in [4.69, 9.17) is 16.1 Å². The lowest BCUT2D eigenvalue weighted by molar-refractivity contribution is 0.373. The predicted molar refractivity (Wildman–Crippen MR) is 60.5 cm³/mol. The van der Waals surface area contributed by atoms with Crippen LogP contribution < -0.4 is 0 Å². The maximum absolute atomic E-state index is 5.59. The van der Waals surface area contributed by atoms with Crippen LogP contribution in [0.3, 0.4) is 0 Å². The van der Waals surface area contributed by atoms with Crippen molar-refractivity contribution in [3.63, 3.8) is 0 Å². The smallest absolute Gasteiger partial charge is 0.226 e. The number of rotatable bonds is 5. The zero-order chi connectivity index (χ0) is 10.5. The summed E-state index contributed by atoms with van der Waals surface area (Å²) in [5, 5.41) is 5.97. The molecule has 15 heavy (non-hydrogen) atoms. The molecule has 0 aliphatic carbocycles. The van der Waals surface area contributed by atoms with E-state index in [9.17, 15) is 0 Å². The first kappa shape index (κ1) is 10.6. The van der Waals surface area contributed by atoms with Crippen LogP contribution in [0.15, 0.2) is 22.0 Å². The molecule has 0 aliphatic heterocycles. The molecule has 2 aromatic heterocycles. The van der Waals surface area contributed by atoms with Gasteiger partial charge in [0.25, 0.3) is 0 Å². The van der Waals surface area contributed by atoms with Gasteiger partial charge in [-0.1, -0.05) is 11.2 Å². The highest BCUT2D eigenvalue weighted by Gasteiger charge is 2.06. The summed E-state index contributed by atoms with van der Waals surface area (Å²) in [7, 11) is 0. The van der Waals surface area contributed by atoms with E-state index in [2.05, 4.69) is 16.2 Å². The van der Waals surface area contributed by atoms with Crippen molar-refractivity contribution in [2.45, 2.75) is 19.3 Å². The van der Waals surface area contributed by atoms with Gasteiger partial charge in [0.2, 0.25) is 5.89 Å². The first-order valence-electron chi connectivity index (χ1n) is 4.78. The largest absolute Gasteiger partial charge is 0.339 e. The van der Waals surface area contributed by atoms with Gasteiger partial charge in [-0.25, -0.2) is 0 Å². The molecule has 2 heterocycles. The van der Waals surface area contributed by atoms with Crippen LogP contribution in [0, 0.1) is 0 Å². The summed E-state index contributed by atoms with van der Waals surface area (Å²) in [5.74, 6) is 2.06. The predicted octanol–water partition coefficient (Wildman–Crippen LogP) is 2.89. The molecule has 0 atom stereocenters. The molecule has 0 N–H and O–H groups in total.